The minimum atomic E-state index is -4.62. The Morgan fingerprint density at radius 2 is 2.15 bits per heavy atom. The van der Waals surface area contributed by atoms with Crippen molar-refractivity contribution in [3.05, 3.63) is 23.8 Å². The number of rotatable bonds is 5. The maximum Gasteiger partial charge on any atom is 0.420 e. The highest BCUT2D eigenvalue weighted by Gasteiger charge is 2.34. The molecule has 0 aromatic heterocycles. The van der Waals surface area contributed by atoms with Gasteiger partial charge in [-0.15, -0.1) is 0 Å². The highest BCUT2D eigenvalue weighted by molar-refractivity contribution is 5.77. The number of hydrogen-bond acceptors (Lipinski definition) is 4. The van der Waals surface area contributed by atoms with Gasteiger partial charge in [0.1, 0.15) is 5.75 Å². The van der Waals surface area contributed by atoms with Gasteiger partial charge in [-0.3, -0.25) is 4.79 Å². The third kappa shape index (κ3) is 4.68. The van der Waals surface area contributed by atoms with E-state index in [2.05, 4.69) is 5.32 Å². The number of alkyl halides is 3. The summed E-state index contributed by atoms with van der Waals surface area (Å²) in [6.45, 7) is -0.453. The van der Waals surface area contributed by atoms with Crippen molar-refractivity contribution >= 4 is 11.6 Å². The molecule has 20 heavy (non-hydrogen) atoms. The van der Waals surface area contributed by atoms with Crippen LogP contribution in [0, 0.1) is 11.3 Å². The van der Waals surface area contributed by atoms with Crippen molar-refractivity contribution in [1.29, 1.82) is 5.26 Å². The number of carbonyl (C=O) groups excluding carboxylic acids is 1. The number of nitrogens with one attached hydrogen (secondary N) is 1. The molecule has 108 valence electrons. The molecule has 0 saturated heterocycles. The summed E-state index contributed by atoms with van der Waals surface area (Å²) >= 11 is 0. The van der Waals surface area contributed by atoms with E-state index in [9.17, 15) is 18.0 Å². The number of anilines is 1. The molecule has 1 rings (SSSR count). The van der Waals surface area contributed by atoms with Crippen molar-refractivity contribution in [1.82, 2.24) is 5.32 Å². The largest absolute Gasteiger partial charge is 0.483 e. The molecular weight excluding hydrogens is 275 g/mol. The van der Waals surface area contributed by atoms with Crippen LogP contribution in [0.4, 0.5) is 18.9 Å². The van der Waals surface area contributed by atoms with Crippen molar-refractivity contribution in [2.24, 2.45) is 0 Å². The number of carbonyl (C=O) groups is 1. The predicted molar refractivity (Wildman–Crippen MR) is 64.6 cm³/mol. The lowest BCUT2D eigenvalue weighted by Crippen LogP contribution is -2.29. The fourth-order valence-corrected chi connectivity index (χ4v) is 1.35. The van der Waals surface area contributed by atoms with Crippen LogP contribution in [-0.2, 0) is 11.0 Å². The van der Waals surface area contributed by atoms with Gasteiger partial charge in [-0.05, 0) is 18.2 Å². The topological polar surface area (TPSA) is 88.1 Å². The molecule has 0 atom stereocenters. The van der Waals surface area contributed by atoms with Crippen LogP contribution in [0.2, 0.25) is 0 Å². The lowest BCUT2D eigenvalue weighted by atomic mass is 10.1. The molecule has 5 nitrogen and oxygen atoms in total. The Labute approximate surface area is 113 Å². The van der Waals surface area contributed by atoms with E-state index in [4.69, 9.17) is 15.7 Å². The SMILES string of the molecule is N#CCCNC(=O)COc1ccc(N)cc1C(F)(F)F. The smallest absolute Gasteiger partial charge is 0.420 e. The summed E-state index contributed by atoms with van der Waals surface area (Å²) in [6.07, 6.45) is -4.51. The molecule has 0 aliphatic heterocycles. The van der Waals surface area contributed by atoms with Crippen LogP contribution in [0.25, 0.3) is 0 Å². The summed E-state index contributed by atoms with van der Waals surface area (Å²) in [4.78, 5) is 11.3. The van der Waals surface area contributed by atoms with Gasteiger partial charge in [0.25, 0.3) is 5.91 Å². The highest BCUT2D eigenvalue weighted by atomic mass is 19.4. The molecule has 0 radical (unpaired) electrons. The summed E-state index contributed by atoms with van der Waals surface area (Å²) in [7, 11) is 0. The number of benzene rings is 1. The molecule has 0 saturated carbocycles. The van der Waals surface area contributed by atoms with E-state index in [1.165, 1.54) is 6.07 Å². The van der Waals surface area contributed by atoms with E-state index in [0.29, 0.717) is 0 Å². The van der Waals surface area contributed by atoms with Crippen LogP contribution < -0.4 is 15.8 Å². The third-order valence-electron chi connectivity index (χ3n) is 2.23. The van der Waals surface area contributed by atoms with Crippen molar-refractivity contribution in [3.63, 3.8) is 0 Å². The van der Waals surface area contributed by atoms with Crippen molar-refractivity contribution in [2.45, 2.75) is 12.6 Å². The van der Waals surface area contributed by atoms with Gasteiger partial charge in [0.05, 0.1) is 18.1 Å². The number of ether oxygens (including phenoxy) is 1. The molecule has 0 heterocycles. The first-order chi connectivity index (χ1) is 9.34. The normalized spacial score (nSPS) is 10.7. The molecule has 1 aromatic rings. The minimum absolute atomic E-state index is 0.0526. The Kier molecular flexibility index (Phi) is 5.20. The quantitative estimate of drug-likeness (QED) is 0.637. The van der Waals surface area contributed by atoms with Crippen LogP contribution in [0.15, 0.2) is 18.2 Å². The number of hydrogen-bond donors (Lipinski definition) is 2. The first-order valence-corrected chi connectivity index (χ1v) is 5.57. The molecule has 0 fully saturated rings. The minimum Gasteiger partial charge on any atom is -0.483 e. The lowest BCUT2D eigenvalue weighted by molar-refractivity contribution is -0.139. The molecule has 0 aliphatic rings. The van der Waals surface area contributed by atoms with Gasteiger partial charge in [-0.1, -0.05) is 0 Å². The molecule has 0 unspecified atom stereocenters. The van der Waals surface area contributed by atoms with Gasteiger partial charge in [-0.25, -0.2) is 0 Å². The first kappa shape index (κ1) is 15.6. The van der Waals surface area contributed by atoms with Crippen molar-refractivity contribution in [3.8, 4) is 11.8 Å². The molecule has 1 amide bonds. The number of nitrogens with zero attached hydrogens (tertiary/aromatic N) is 1. The van der Waals surface area contributed by atoms with Crippen LogP contribution >= 0.6 is 0 Å². The lowest BCUT2D eigenvalue weighted by Gasteiger charge is -2.14. The second-order valence-electron chi connectivity index (χ2n) is 3.80. The Hall–Kier alpha value is -2.43. The summed E-state index contributed by atoms with van der Waals surface area (Å²) in [5, 5.41) is 10.6. The van der Waals surface area contributed by atoms with Gasteiger partial charge in [0, 0.05) is 12.2 Å². The first-order valence-electron chi connectivity index (χ1n) is 5.57. The molecule has 1 aromatic carbocycles. The van der Waals surface area contributed by atoms with E-state index in [1.807, 2.05) is 6.07 Å². The fraction of sp³-hybridized carbons (Fsp3) is 0.333. The Morgan fingerprint density at radius 3 is 2.75 bits per heavy atom. The van der Waals surface area contributed by atoms with Gasteiger partial charge < -0.3 is 15.8 Å². The summed E-state index contributed by atoms with van der Waals surface area (Å²) in [5.41, 5.74) is 4.20. The Balaban J connectivity index is 2.69. The molecule has 0 bridgehead atoms. The molecule has 0 spiro atoms. The zero-order chi connectivity index (χ0) is 15.2. The number of nitrogen functional groups attached to an aromatic ring is 1. The fourth-order valence-electron chi connectivity index (χ4n) is 1.35. The van der Waals surface area contributed by atoms with E-state index < -0.39 is 30.0 Å². The monoisotopic (exact) mass is 287 g/mol. The van der Waals surface area contributed by atoms with E-state index in [0.717, 1.165) is 12.1 Å². The summed E-state index contributed by atoms with van der Waals surface area (Å²) in [6, 6.07) is 4.86. The zero-order valence-corrected chi connectivity index (χ0v) is 10.3. The van der Waals surface area contributed by atoms with Gasteiger partial charge >= 0.3 is 6.18 Å². The highest BCUT2D eigenvalue weighted by Crippen LogP contribution is 2.37. The molecule has 0 aliphatic carbocycles. The van der Waals surface area contributed by atoms with Gasteiger partial charge in [0.2, 0.25) is 0 Å². The number of amides is 1. The summed E-state index contributed by atoms with van der Waals surface area (Å²) in [5.74, 6) is -1.08. The van der Waals surface area contributed by atoms with Gasteiger partial charge in [-0.2, -0.15) is 18.4 Å². The van der Waals surface area contributed by atoms with E-state index >= 15 is 0 Å². The van der Waals surface area contributed by atoms with Crippen LogP contribution in [0.5, 0.6) is 5.75 Å². The van der Waals surface area contributed by atoms with E-state index in [-0.39, 0.29) is 18.7 Å². The van der Waals surface area contributed by atoms with Crippen molar-refractivity contribution in [2.75, 3.05) is 18.9 Å². The Bertz CT molecular complexity index is 524. The molecule has 8 heteroatoms. The second kappa shape index (κ2) is 6.65. The average molecular weight is 287 g/mol. The zero-order valence-electron chi connectivity index (χ0n) is 10.3. The third-order valence-corrected chi connectivity index (χ3v) is 2.23. The summed E-state index contributed by atoms with van der Waals surface area (Å²) < 4.78 is 43.0. The molecule has 3 N–H and O–H groups in total. The maximum absolute atomic E-state index is 12.7. The number of nitrogens with two attached hydrogens (primary N) is 1. The van der Waals surface area contributed by atoms with Crippen LogP contribution in [-0.4, -0.2) is 19.1 Å². The van der Waals surface area contributed by atoms with Crippen LogP contribution in [0.3, 0.4) is 0 Å². The van der Waals surface area contributed by atoms with Gasteiger partial charge in [0.15, 0.2) is 6.61 Å². The van der Waals surface area contributed by atoms with E-state index in [1.54, 1.807) is 0 Å². The predicted octanol–water partition coefficient (Wildman–Crippen LogP) is 1.70. The Morgan fingerprint density at radius 1 is 1.45 bits per heavy atom. The van der Waals surface area contributed by atoms with Crippen molar-refractivity contribution < 1.29 is 22.7 Å². The average Bonchev–Trinajstić information content (AvgIpc) is 2.36. The van der Waals surface area contributed by atoms with Crippen LogP contribution in [0.1, 0.15) is 12.0 Å². The number of halogens is 3. The number of nitriles is 1. The second-order valence-corrected chi connectivity index (χ2v) is 3.80. The standard InChI is InChI=1S/C12H12F3N3O2/c13-12(14,15)9-6-8(17)2-3-10(9)20-7-11(19)18-5-1-4-16/h2-3,6H,1,5,7,17H2,(H,18,19). The maximum atomic E-state index is 12.7. The molecular formula is C12H12F3N3O2.